The van der Waals surface area contributed by atoms with Crippen LogP contribution in [0.4, 0.5) is 5.69 Å². The largest absolute Gasteiger partial charge is 0.399 e. The third kappa shape index (κ3) is 4.12. The van der Waals surface area contributed by atoms with Crippen molar-refractivity contribution in [2.24, 2.45) is 11.8 Å². The van der Waals surface area contributed by atoms with Gasteiger partial charge >= 0.3 is 0 Å². The van der Waals surface area contributed by atoms with Crippen molar-refractivity contribution in [3.8, 4) is 0 Å². The summed E-state index contributed by atoms with van der Waals surface area (Å²) < 4.78 is 0. The van der Waals surface area contributed by atoms with Crippen LogP contribution in [0, 0.1) is 11.8 Å². The van der Waals surface area contributed by atoms with Gasteiger partial charge in [0, 0.05) is 17.3 Å². The van der Waals surface area contributed by atoms with Crippen LogP contribution in [0.25, 0.3) is 0 Å². The first-order valence-electron chi connectivity index (χ1n) is 7.32. The fourth-order valence-corrected chi connectivity index (χ4v) is 3.19. The number of benzene rings is 1. The molecular formula is C16H25ClN2. The zero-order chi connectivity index (χ0) is 13.8. The molecule has 1 aromatic carbocycles. The summed E-state index contributed by atoms with van der Waals surface area (Å²) in [6.07, 6.45) is 3.98. The second-order valence-electron chi connectivity index (χ2n) is 6.06. The lowest BCUT2D eigenvalue weighted by Gasteiger charge is -2.22. The third-order valence-electron chi connectivity index (χ3n) is 4.28. The summed E-state index contributed by atoms with van der Waals surface area (Å²) in [4.78, 5) is 2.53. The highest BCUT2D eigenvalue weighted by molar-refractivity contribution is 6.31. The second kappa shape index (κ2) is 6.62. The Balaban J connectivity index is 1.96. The van der Waals surface area contributed by atoms with Crippen molar-refractivity contribution < 1.29 is 0 Å². The number of anilines is 1. The summed E-state index contributed by atoms with van der Waals surface area (Å²) in [7, 11) is 0. The SMILES string of the molecule is CC(C)C1CCCN(Cc2ccc(N)cc2Cl)CC1. The zero-order valence-corrected chi connectivity index (χ0v) is 12.8. The molecule has 0 radical (unpaired) electrons. The molecule has 1 aromatic rings. The van der Waals surface area contributed by atoms with E-state index in [9.17, 15) is 0 Å². The summed E-state index contributed by atoms with van der Waals surface area (Å²) in [6, 6.07) is 5.85. The van der Waals surface area contributed by atoms with Gasteiger partial charge in [0.25, 0.3) is 0 Å². The monoisotopic (exact) mass is 280 g/mol. The molecule has 1 unspecified atom stereocenters. The van der Waals surface area contributed by atoms with E-state index >= 15 is 0 Å². The Morgan fingerprint density at radius 3 is 2.79 bits per heavy atom. The van der Waals surface area contributed by atoms with Gasteiger partial charge in [-0.3, -0.25) is 4.90 Å². The summed E-state index contributed by atoms with van der Waals surface area (Å²) in [5.41, 5.74) is 7.67. The molecule has 0 bridgehead atoms. The van der Waals surface area contributed by atoms with Crippen molar-refractivity contribution in [2.45, 2.75) is 39.7 Å². The number of halogens is 1. The fourth-order valence-electron chi connectivity index (χ4n) is 2.94. The molecular weight excluding hydrogens is 256 g/mol. The lowest BCUT2D eigenvalue weighted by Crippen LogP contribution is -2.24. The first-order chi connectivity index (χ1) is 9.06. The maximum Gasteiger partial charge on any atom is 0.0471 e. The normalized spacial score (nSPS) is 21.6. The Bertz CT molecular complexity index is 417. The number of nitrogens with two attached hydrogens (primary N) is 1. The molecule has 2 nitrogen and oxygen atoms in total. The molecule has 19 heavy (non-hydrogen) atoms. The molecule has 0 saturated carbocycles. The second-order valence-corrected chi connectivity index (χ2v) is 6.47. The Morgan fingerprint density at radius 1 is 1.32 bits per heavy atom. The van der Waals surface area contributed by atoms with Gasteiger partial charge in [0.1, 0.15) is 0 Å². The minimum atomic E-state index is 0.740. The number of hydrogen-bond donors (Lipinski definition) is 1. The predicted octanol–water partition coefficient (Wildman–Crippen LogP) is 4.18. The quantitative estimate of drug-likeness (QED) is 0.842. The third-order valence-corrected chi connectivity index (χ3v) is 4.63. The molecule has 1 atom stereocenters. The van der Waals surface area contributed by atoms with Crippen molar-refractivity contribution in [1.29, 1.82) is 0 Å². The Kier molecular flexibility index (Phi) is 5.12. The van der Waals surface area contributed by atoms with Gasteiger partial charge in [0.2, 0.25) is 0 Å². The van der Waals surface area contributed by atoms with Crippen molar-refractivity contribution >= 4 is 17.3 Å². The first kappa shape index (κ1) is 14.7. The van der Waals surface area contributed by atoms with Crippen LogP contribution in [0.1, 0.15) is 38.7 Å². The first-order valence-corrected chi connectivity index (χ1v) is 7.70. The van der Waals surface area contributed by atoms with Gasteiger partial charge in [-0.15, -0.1) is 0 Å². The predicted molar refractivity (Wildman–Crippen MR) is 83.3 cm³/mol. The molecule has 2 rings (SSSR count). The van der Waals surface area contributed by atoms with E-state index in [-0.39, 0.29) is 0 Å². The van der Waals surface area contributed by atoms with Crippen LogP contribution >= 0.6 is 11.6 Å². The van der Waals surface area contributed by atoms with E-state index < -0.39 is 0 Å². The zero-order valence-electron chi connectivity index (χ0n) is 12.0. The van der Waals surface area contributed by atoms with E-state index in [0.29, 0.717) is 0 Å². The lowest BCUT2D eigenvalue weighted by molar-refractivity contribution is 0.265. The molecule has 1 aliphatic rings. The standard InChI is InChI=1S/C16H25ClN2/c1-12(2)13-4-3-8-19(9-7-13)11-14-5-6-15(18)10-16(14)17/h5-6,10,12-13H,3-4,7-9,11,18H2,1-2H3. The molecule has 106 valence electrons. The number of hydrogen-bond acceptors (Lipinski definition) is 2. The Labute approximate surface area is 121 Å². The summed E-state index contributed by atoms with van der Waals surface area (Å²) in [5.74, 6) is 1.69. The highest BCUT2D eigenvalue weighted by atomic mass is 35.5. The molecule has 0 aromatic heterocycles. The molecule has 2 N–H and O–H groups in total. The molecule has 1 saturated heterocycles. The Hall–Kier alpha value is -0.730. The van der Waals surface area contributed by atoms with Crippen molar-refractivity contribution in [3.05, 3.63) is 28.8 Å². The van der Waals surface area contributed by atoms with E-state index in [4.69, 9.17) is 17.3 Å². The van der Waals surface area contributed by atoms with Crippen LogP contribution in [-0.2, 0) is 6.54 Å². The van der Waals surface area contributed by atoms with Crippen LogP contribution in [0.5, 0.6) is 0 Å². The van der Waals surface area contributed by atoms with E-state index in [1.54, 1.807) is 0 Å². The molecule has 0 amide bonds. The number of rotatable bonds is 3. The van der Waals surface area contributed by atoms with Crippen LogP contribution in [0.15, 0.2) is 18.2 Å². The highest BCUT2D eigenvalue weighted by Gasteiger charge is 2.19. The van der Waals surface area contributed by atoms with Crippen molar-refractivity contribution in [1.82, 2.24) is 4.90 Å². The van der Waals surface area contributed by atoms with Gasteiger partial charge in [0.05, 0.1) is 0 Å². The maximum atomic E-state index is 6.26. The van der Waals surface area contributed by atoms with E-state index in [0.717, 1.165) is 29.1 Å². The number of nitrogen functional groups attached to an aromatic ring is 1. The minimum Gasteiger partial charge on any atom is -0.399 e. The molecule has 1 fully saturated rings. The average molecular weight is 281 g/mol. The molecule has 0 spiro atoms. The lowest BCUT2D eigenvalue weighted by atomic mass is 9.89. The van der Waals surface area contributed by atoms with Crippen LogP contribution in [-0.4, -0.2) is 18.0 Å². The molecule has 0 aliphatic carbocycles. The summed E-state index contributed by atoms with van der Waals surface area (Å²) in [6.45, 7) is 8.01. The van der Waals surface area contributed by atoms with Gasteiger partial charge in [-0.1, -0.05) is 31.5 Å². The van der Waals surface area contributed by atoms with Gasteiger partial charge < -0.3 is 5.73 Å². The van der Waals surface area contributed by atoms with Crippen LogP contribution in [0.3, 0.4) is 0 Å². The maximum absolute atomic E-state index is 6.26. The van der Waals surface area contributed by atoms with Gasteiger partial charge in [-0.25, -0.2) is 0 Å². The van der Waals surface area contributed by atoms with Crippen molar-refractivity contribution in [2.75, 3.05) is 18.8 Å². The van der Waals surface area contributed by atoms with Gasteiger partial charge in [0.15, 0.2) is 0 Å². The van der Waals surface area contributed by atoms with E-state index in [2.05, 4.69) is 24.8 Å². The van der Waals surface area contributed by atoms with Crippen LogP contribution in [0.2, 0.25) is 5.02 Å². The molecule has 1 heterocycles. The number of nitrogens with zero attached hydrogens (tertiary/aromatic N) is 1. The number of likely N-dealkylation sites (tertiary alicyclic amines) is 1. The van der Waals surface area contributed by atoms with E-state index in [1.165, 1.54) is 37.9 Å². The Morgan fingerprint density at radius 2 is 2.11 bits per heavy atom. The molecule has 1 aliphatic heterocycles. The smallest absolute Gasteiger partial charge is 0.0471 e. The average Bonchev–Trinajstić information content (AvgIpc) is 2.58. The minimum absolute atomic E-state index is 0.740. The highest BCUT2D eigenvalue weighted by Crippen LogP contribution is 2.26. The van der Waals surface area contributed by atoms with Crippen LogP contribution < -0.4 is 5.73 Å². The fraction of sp³-hybridized carbons (Fsp3) is 0.625. The molecule has 3 heteroatoms. The summed E-state index contributed by atoms with van der Waals surface area (Å²) >= 11 is 6.26. The van der Waals surface area contributed by atoms with Crippen molar-refractivity contribution in [3.63, 3.8) is 0 Å². The van der Waals surface area contributed by atoms with Gasteiger partial charge in [-0.05, 0) is 61.9 Å². The topological polar surface area (TPSA) is 29.3 Å². The summed E-state index contributed by atoms with van der Waals surface area (Å²) in [5, 5.41) is 0.796. The van der Waals surface area contributed by atoms with Gasteiger partial charge in [-0.2, -0.15) is 0 Å². The van der Waals surface area contributed by atoms with E-state index in [1.807, 2.05) is 12.1 Å².